The Hall–Kier alpha value is -2.04. The van der Waals surface area contributed by atoms with Crippen molar-refractivity contribution in [1.82, 2.24) is 10.2 Å². The van der Waals surface area contributed by atoms with Gasteiger partial charge in [-0.1, -0.05) is 31.2 Å². The molecule has 4 nitrogen and oxygen atoms in total. The van der Waals surface area contributed by atoms with Crippen molar-refractivity contribution in [2.45, 2.75) is 38.8 Å². The molecule has 0 aliphatic carbocycles. The van der Waals surface area contributed by atoms with E-state index >= 15 is 0 Å². The van der Waals surface area contributed by atoms with Crippen molar-refractivity contribution in [2.75, 3.05) is 20.2 Å². The lowest BCUT2D eigenvalue weighted by atomic mass is 9.81. The van der Waals surface area contributed by atoms with Crippen LogP contribution in [0.5, 0.6) is 5.75 Å². The Morgan fingerprint density at radius 1 is 1.19 bits per heavy atom. The molecule has 2 atom stereocenters. The number of halogens is 1. The zero-order chi connectivity index (χ0) is 18.3. The first kappa shape index (κ1) is 19.7. The summed E-state index contributed by atoms with van der Waals surface area (Å²) in [7, 11) is 1.67. The van der Waals surface area contributed by atoms with E-state index in [-0.39, 0.29) is 24.4 Å². The second kappa shape index (κ2) is 7.91. The van der Waals surface area contributed by atoms with Gasteiger partial charge in [-0.2, -0.15) is 0 Å². The maximum atomic E-state index is 13.4. The third-order valence-corrected chi connectivity index (χ3v) is 5.78. The van der Waals surface area contributed by atoms with Crippen molar-refractivity contribution in [1.29, 1.82) is 0 Å². The highest BCUT2D eigenvalue weighted by Crippen LogP contribution is 2.38. The number of hydrogen-bond acceptors (Lipinski definition) is 3. The average Bonchev–Trinajstić information content (AvgIpc) is 3.14. The average molecular weight is 387 g/mol. The van der Waals surface area contributed by atoms with Crippen molar-refractivity contribution in [2.24, 2.45) is 0 Å². The van der Waals surface area contributed by atoms with E-state index in [1.807, 2.05) is 18.2 Å². The van der Waals surface area contributed by atoms with Gasteiger partial charge in [0.1, 0.15) is 5.75 Å². The molecule has 0 spiro atoms. The summed E-state index contributed by atoms with van der Waals surface area (Å²) < 4.78 is 5.34. The molecule has 2 aliphatic rings. The standard InChI is InChI=1S/C22H26N2O2.ClH/c1-4-15-8-14(2)21-18(10-15)19-11-23-12-20(19)24(22(21)25)13-16-6-5-7-17(9-16)26-3;/h5-10,19-20,23H,4,11-13H2,1-3H3;1H/t19-,20+;/m1./s1. The zero-order valence-corrected chi connectivity index (χ0v) is 16.9. The van der Waals surface area contributed by atoms with E-state index in [4.69, 9.17) is 4.74 Å². The maximum absolute atomic E-state index is 13.4. The van der Waals surface area contributed by atoms with Crippen LogP contribution in [0.1, 0.15) is 45.5 Å². The van der Waals surface area contributed by atoms with Gasteiger partial charge in [-0.05, 0) is 47.7 Å². The molecule has 27 heavy (non-hydrogen) atoms. The monoisotopic (exact) mass is 386 g/mol. The van der Waals surface area contributed by atoms with Crippen LogP contribution in [-0.4, -0.2) is 37.0 Å². The summed E-state index contributed by atoms with van der Waals surface area (Å²) in [4.78, 5) is 15.5. The predicted octanol–water partition coefficient (Wildman–Crippen LogP) is 3.70. The van der Waals surface area contributed by atoms with Crippen molar-refractivity contribution >= 4 is 18.3 Å². The lowest BCUT2D eigenvalue weighted by Gasteiger charge is -2.39. The third-order valence-electron chi connectivity index (χ3n) is 5.78. The van der Waals surface area contributed by atoms with Gasteiger partial charge in [0, 0.05) is 31.1 Å². The van der Waals surface area contributed by atoms with Gasteiger partial charge in [0.05, 0.1) is 13.2 Å². The highest BCUT2D eigenvalue weighted by Gasteiger charge is 2.43. The van der Waals surface area contributed by atoms with Crippen LogP contribution in [0.2, 0.25) is 0 Å². The molecule has 2 aromatic carbocycles. The normalized spacial score (nSPS) is 20.7. The van der Waals surface area contributed by atoms with Crippen molar-refractivity contribution < 1.29 is 9.53 Å². The van der Waals surface area contributed by atoms with Gasteiger partial charge in [0.25, 0.3) is 5.91 Å². The number of ether oxygens (including phenoxy) is 1. The number of amides is 1. The van der Waals surface area contributed by atoms with Gasteiger partial charge < -0.3 is 15.0 Å². The number of carbonyl (C=O) groups excluding carboxylic acids is 1. The lowest BCUT2D eigenvalue weighted by Crippen LogP contribution is -2.48. The maximum Gasteiger partial charge on any atom is 0.255 e. The van der Waals surface area contributed by atoms with E-state index in [1.54, 1.807) is 7.11 Å². The van der Waals surface area contributed by atoms with E-state index < -0.39 is 0 Å². The molecule has 2 aliphatic heterocycles. The number of hydrogen-bond donors (Lipinski definition) is 1. The number of fused-ring (bicyclic) bond motifs is 3. The van der Waals surface area contributed by atoms with Crippen LogP contribution in [0, 0.1) is 6.92 Å². The van der Waals surface area contributed by atoms with Crippen LogP contribution in [-0.2, 0) is 13.0 Å². The fourth-order valence-electron chi connectivity index (χ4n) is 4.44. The third kappa shape index (κ3) is 3.44. The van der Waals surface area contributed by atoms with Gasteiger partial charge in [0.15, 0.2) is 0 Å². The number of methoxy groups -OCH3 is 1. The summed E-state index contributed by atoms with van der Waals surface area (Å²) in [5.74, 6) is 1.36. The molecule has 0 unspecified atom stereocenters. The minimum Gasteiger partial charge on any atom is -0.497 e. The summed E-state index contributed by atoms with van der Waals surface area (Å²) >= 11 is 0. The van der Waals surface area contributed by atoms with E-state index in [0.29, 0.717) is 12.5 Å². The first-order valence-corrected chi connectivity index (χ1v) is 9.40. The van der Waals surface area contributed by atoms with E-state index in [9.17, 15) is 4.79 Å². The van der Waals surface area contributed by atoms with Crippen LogP contribution < -0.4 is 10.1 Å². The molecule has 2 heterocycles. The second-order valence-corrected chi connectivity index (χ2v) is 7.35. The topological polar surface area (TPSA) is 41.6 Å². The molecule has 2 aromatic rings. The van der Waals surface area contributed by atoms with Gasteiger partial charge in [-0.25, -0.2) is 0 Å². The Morgan fingerprint density at radius 2 is 2.00 bits per heavy atom. The molecule has 0 radical (unpaired) electrons. The Kier molecular flexibility index (Phi) is 5.78. The summed E-state index contributed by atoms with van der Waals surface area (Å²) in [6, 6.07) is 12.7. The van der Waals surface area contributed by atoms with Crippen LogP contribution in [0.4, 0.5) is 0 Å². The van der Waals surface area contributed by atoms with E-state index in [2.05, 4.69) is 42.3 Å². The first-order valence-electron chi connectivity index (χ1n) is 9.40. The summed E-state index contributed by atoms with van der Waals surface area (Å²) in [5, 5.41) is 3.50. The molecule has 1 fully saturated rings. The lowest BCUT2D eigenvalue weighted by molar-refractivity contribution is 0.0629. The molecular formula is C22H27ClN2O2. The number of rotatable bonds is 4. The molecule has 1 saturated heterocycles. The van der Waals surface area contributed by atoms with Gasteiger partial charge in [0.2, 0.25) is 0 Å². The van der Waals surface area contributed by atoms with Crippen LogP contribution in [0.3, 0.4) is 0 Å². The SMILES string of the molecule is CCc1cc(C)c2c(c1)[C@H]1CNC[C@@H]1N(Cc1cccc(OC)c1)C2=O.Cl. The Bertz CT molecular complexity index is 852. The number of aryl methyl sites for hydroxylation is 2. The van der Waals surface area contributed by atoms with E-state index in [0.717, 1.165) is 42.0 Å². The van der Waals surface area contributed by atoms with Gasteiger partial charge >= 0.3 is 0 Å². The minimum atomic E-state index is 0. The highest BCUT2D eigenvalue weighted by atomic mass is 35.5. The van der Waals surface area contributed by atoms with Crippen molar-refractivity contribution in [3.05, 3.63) is 64.2 Å². The second-order valence-electron chi connectivity index (χ2n) is 7.35. The Morgan fingerprint density at radius 3 is 2.74 bits per heavy atom. The van der Waals surface area contributed by atoms with E-state index in [1.165, 1.54) is 11.1 Å². The molecule has 0 saturated carbocycles. The largest absolute Gasteiger partial charge is 0.497 e. The summed E-state index contributed by atoms with van der Waals surface area (Å²) in [6.45, 7) is 6.66. The fourth-order valence-corrected chi connectivity index (χ4v) is 4.44. The smallest absolute Gasteiger partial charge is 0.255 e. The van der Waals surface area contributed by atoms with Crippen molar-refractivity contribution in [3.8, 4) is 5.75 Å². The Labute approximate surface area is 167 Å². The molecule has 144 valence electrons. The number of carbonyl (C=O) groups is 1. The Balaban J connectivity index is 0.00000210. The molecule has 1 N–H and O–H groups in total. The number of nitrogens with zero attached hydrogens (tertiary/aromatic N) is 1. The zero-order valence-electron chi connectivity index (χ0n) is 16.1. The summed E-state index contributed by atoms with van der Waals surface area (Å²) in [6.07, 6.45) is 1.00. The molecular weight excluding hydrogens is 360 g/mol. The molecule has 1 amide bonds. The molecule has 0 bridgehead atoms. The van der Waals surface area contributed by atoms with Crippen LogP contribution in [0.15, 0.2) is 36.4 Å². The number of nitrogens with one attached hydrogen (secondary N) is 1. The highest BCUT2D eigenvalue weighted by molar-refractivity contribution is 5.99. The molecule has 4 rings (SSSR count). The fraction of sp³-hybridized carbons (Fsp3) is 0.409. The summed E-state index contributed by atoms with van der Waals surface area (Å²) in [5.41, 5.74) is 5.68. The molecule has 5 heteroatoms. The first-order chi connectivity index (χ1) is 12.6. The van der Waals surface area contributed by atoms with Crippen molar-refractivity contribution in [3.63, 3.8) is 0 Å². The van der Waals surface area contributed by atoms with Gasteiger partial charge in [-0.15, -0.1) is 12.4 Å². The van der Waals surface area contributed by atoms with Gasteiger partial charge in [-0.3, -0.25) is 4.79 Å². The quantitative estimate of drug-likeness (QED) is 0.871. The molecule has 0 aromatic heterocycles. The number of benzene rings is 2. The van der Waals surface area contributed by atoms with Crippen LogP contribution in [0.25, 0.3) is 0 Å². The van der Waals surface area contributed by atoms with Crippen LogP contribution >= 0.6 is 12.4 Å². The predicted molar refractivity (Wildman–Crippen MR) is 110 cm³/mol. The minimum absolute atomic E-state index is 0.